The third kappa shape index (κ3) is 5.79. The topological polar surface area (TPSA) is 24.5 Å². The van der Waals surface area contributed by atoms with Gasteiger partial charge >= 0.3 is 0 Å². The molecule has 1 fully saturated rings. The largest absolute Gasteiger partial charge is 0.377 e. The van der Waals surface area contributed by atoms with Crippen LogP contribution in [0.25, 0.3) is 0 Å². The highest BCUT2D eigenvalue weighted by Crippen LogP contribution is 2.20. The highest BCUT2D eigenvalue weighted by molar-refractivity contribution is 7.16. The summed E-state index contributed by atoms with van der Waals surface area (Å²) in [6, 6.07) is 4.04. The maximum absolute atomic E-state index is 5.90. The molecule has 0 radical (unpaired) electrons. The Labute approximate surface area is 124 Å². The van der Waals surface area contributed by atoms with Crippen LogP contribution in [0.3, 0.4) is 0 Å². The molecule has 1 N–H and O–H groups in total. The minimum Gasteiger partial charge on any atom is -0.377 e. The quantitative estimate of drug-likeness (QED) is 0.784. The van der Waals surface area contributed by atoms with Gasteiger partial charge in [0.05, 0.1) is 10.4 Å². The lowest BCUT2D eigenvalue weighted by molar-refractivity contribution is -0.00123. The van der Waals surface area contributed by atoms with E-state index in [-0.39, 0.29) is 0 Å². The van der Waals surface area contributed by atoms with Crippen LogP contribution in [0.2, 0.25) is 4.34 Å². The van der Waals surface area contributed by atoms with Crippen LogP contribution in [-0.2, 0) is 11.3 Å². The molecule has 1 aliphatic rings. The van der Waals surface area contributed by atoms with Gasteiger partial charge in [0.1, 0.15) is 0 Å². The molecule has 0 aromatic carbocycles. The molecule has 0 aliphatic carbocycles. The van der Waals surface area contributed by atoms with Gasteiger partial charge in [-0.2, -0.15) is 0 Å². The van der Waals surface area contributed by atoms with Gasteiger partial charge in [-0.05, 0) is 38.4 Å². The highest BCUT2D eigenvalue weighted by atomic mass is 35.5. The zero-order valence-corrected chi connectivity index (χ0v) is 13.1. The molecule has 5 heteroatoms. The summed E-state index contributed by atoms with van der Waals surface area (Å²) in [6.07, 6.45) is 4.20. The van der Waals surface area contributed by atoms with Crippen molar-refractivity contribution in [2.45, 2.75) is 31.9 Å². The lowest BCUT2D eigenvalue weighted by atomic mass is 10.1. The Morgan fingerprint density at radius 3 is 3.05 bits per heavy atom. The first-order valence-corrected chi connectivity index (χ1v) is 8.18. The predicted molar refractivity (Wildman–Crippen MR) is 82.1 cm³/mol. The lowest BCUT2D eigenvalue weighted by Gasteiger charge is -2.27. The van der Waals surface area contributed by atoms with Crippen molar-refractivity contribution in [2.24, 2.45) is 0 Å². The van der Waals surface area contributed by atoms with E-state index in [1.165, 1.54) is 24.1 Å². The van der Waals surface area contributed by atoms with Crippen molar-refractivity contribution in [3.8, 4) is 0 Å². The van der Waals surface area contributed by atoms with E-state index in [0.717, 1.165) is 37.1 Å². The molecule has 1 aliphatic heterocycles. The molecule has 108 valence electrons. The van der Waals surface area contributed by atoms with Crippen molar-refractivity contribution >= 4 is 22.9 Å². The first kappa shape index (κ1) is 15.3. The molecule has 19 heavy (non-hydrogen) atoms. The van der Waals surface area contributed by atoms with Gasteiger partial charge < -0.3 is 15.0 Å². The molecule has 0 spiro atoms. The molecule has 0 amide bonds. The number of nitrogens with zero attached hydrogens (tertiary/aromatic N) is 1. The first-order chi connectivity index (χ1) is 9.24. The van der Waals surface area contributed by atoms with Crippen molar-refractivity contribution < 1.29 is 4.74 Å². The van der Waals surface area contributed by atoms with Gasteiger partial charge in [-0.3, -0.25) is 0 Å². The van der Waals surface area contributed by atoms with Gasteiger partial charge in [0.2, 0.25) is 0 Å². The van der Waals surface area contributed by atoms with Crippen molar-refractivity contribution in [2.75, 3.05) is 33.3 Å². The Balaban J connectivity index is 1.54. The summed E-state index contributed by atoms with van der Waals surface area (Å²) < 4.78 is 6.62. The number of hydrogen-bond acceptors (Lipinski definition) is 4. The second-order valence-corrected chi connectivity index (χ2v) is 6.93. The molecule has 1 saturated heterocycles. The molecule has 2 rings (SSSR count). The number of ether oxygens (including phenoxy) is 1. The average Bonchev–Trinajstić information content (AvgIpc) is 2.82. The first-order valence-electron chi connectivity index (χ1n) is 6.99. The Morgan fingerprint density at radius 2 is 2.37 bits per heavy atom. The molecule has 3 nitrogen and oxygen atoms in total. The molecule has 0 saturated carbocycles. The average molecular weight is 303 g/mol. The van der Waals surface area contributed by atoms with Gasteiger partial charge in [0, 0.05) is 37.7 Å². The van der Waals surface area contributed by atoms with E-state index in [1.807, 2.05) is 6.07 Å². The smallest absolute Gasteiger partial charge is 0.0931 e. The second kappa shape index (κ2) is 8.22. The summed E-state index contributed by atoms with van der Waals surface area (Å²) in [4.78, 5) is 3.65. The summed E-state index contributed by atoms with van der Waals surface area (Å²) in [5, 5.41) is 3.45. The number of rotatable bonds is 7. The Hall–Kier alpha value is -0.130. The van der Waals surface area contributed by atoms with E-state index in [2.05, 4.69) is 23.3 Å². The SMILES string of the molecule is CN(CCNCc1ccc(Cl)s1)CC1CCCCO1. The van der Waals surface area contributed by atoms with E-state index in [9.17, 15) is 0 Å². The number of likely N-dealkylation sites (N-methyl/N-ethyl adjacent to an activating group) is 1. The molecule has 1 atom stereocenters. The van der Waals surface area contributed by atoms with Gasteiger partial charge in [-0.15, -0.1) is 11.3 Å². The van der Waals surface area contributed by atoms with Crippen LogP contribution in [0.15, 0.2) is 12.1 Å². The summed E-state index contributed by atoms with van der Waals surface area (Å²) >= 11 is 7.55. The summed E-state index contributed by atoms with van der Waals surface area (Å²) in [5.74, 6) is 0. The predicted octanol–water partition coefficient (Wildman–Crippen LogP) is 2.99. The van der Waals surface area contributed by atoms with E-state index >= 15 is 0 Å². The molecule has 0 bridgehead atoms. The third-order valence-electron chi connectivity index (χ3n) is 3.39. The Bertz CT molecular complexity index is 366. The fourth-order valence-corrected chi connectivity index (χ4v) is 3.38. The zero-order chi connectivity index (χ0) is 13.5. The van der Waals surface area contributed by atoms with Gasteiger partial charge in [0.25, 0.3) is 0 Å². The van der Waals surface area contributed by atoms with Crippen molar-refractivity contribution in [1.82, 2.24) is 10.2 Å². The summed E-state index contributed by atoms with van der Waals surface area (Å²) in [7, 11) is 2.17. The van der Waals surface area contributed by atoms with E-state index in [0.29, 0.717) is 6.10 Å². The minimum atomic E-state index is 0.440. The normalized spacial score (nSPS) is 20.1. The Kier molecular flexibility index (Phi) is 6.61. The van der Waals surface area contributed by atoms with Crippen LogP contribution >= 0.6 is 22.9 Å². The van der Waals surface area contributed by atoms with E-state index < -0.39 is 0 Å². The maximum Gasteiger partial charge on any atom is 0.0931 e. The lowest BCUT2D eigenvalue weighted by Crippen LogP contribution is -2.36. The van der Waals surface area contributed by atoms with Crippen LogP contribution in [0.4, 0.5) is 0 Å². The standard InChI is InChI=1S/C14H23ClN2OS/c1-17(11-12-4-2-3-9-18-12)8-7-16-10-13-5-6-14(15)19-13/h5-6,12,16H,2-4,7-11H2,1H3. The minimum absolute atomic E-state index is 0.440. The molecule has 2 heterocycles. The zero-order valence-electron chi connectivity index (χ0n) is 11.5. The van der Waals surface area contributed by atoms with Crippen LogP contribution in [0.5, 0.6) is 0 Å². The summed E-state index contributed by atoms with van der Waals surface area (Å²) in [5.41, 5.74) is 0. The van der Waals surface area contributed by atoms with E-state index in [1.54, 1.807) is 11.3 Å². The monoisotopic (exact) mass is 302 g/mol. The number of nitrogens with one attached hydrogen (secondary N) is 1. The molecular weight excluding hydrogens is 280 g/mol. The highest BCUT2D eigenvalue weighted by Gasteiger charge is 2.15. The van der Waals surface area contributed by atoms with Crippen molar-refractivity contribution in [1.29, 1.82) is 0 Å². The van der Waals surface area contributed by atoms with Gasteiger partial charge in [-0.25, -0.2) is 0 Å². The number of thiophene rings is 1. The van der Waals surface area contributed by atoms with Crippen molar-refractivity contribution in [3.63, 3.8) is 0 Å². The molecule has 1 aromatic rings. The molecule has 1 aromatic heterocycles. The van der Waals surface area contributed by atoms with Crippen LogP contribution in [0, 0.1) is 0 Å². The maximum atomic E-state index is 5.90. The Morgan fingerprint density at radius 1 is 1.47 bits per heavy atom. The molecule has 1 unspecified atom stereocenters. The van der Waals surface area contributed by atoms with Crippen LogP contribution in [0.1, 0.15) is 24.1 Å². The van der Waals surface area contributed by atoms with Crippen LogP contribution in [-0.4, -0.2) is 44.3 Å². The van der Waals surface area contributed by atoms with Crippen molar-refractivity contribution in [3.05, 3.63) is 21.3 Å². The fourth-order valence-electron chi connectivity index (χ4n) is 2.32. The number of halogens is 1. The number of hydrogen-bond donors (Lipinski definition) is 1. The summed E-state index contributed by atoms with van der Waals surface area (Å²) in [6.45, 7) is 4.95. The third-order valence-corrected chi connectivity index (χ3v) is 4.62. The van der Waals surface area contributed by atoms with Gasteiger partial charge in [-0.1, -0.05) is 11.6 Å². The van der Waals surface area contributed by atoms with E-state index in [4.69, 9.17) is 16.3 Å². The second-order valence-electron chi connectivity index (χ2n) is 5.13. The fraction of sp³-hybridized carbons (Fsp3) is 0.714. The van der Waals surface area contributed by atoms with Gasteiger partial charge in [0.15, 0.2) is 0 Å². The van der Waals surface area contributed by atoms with Crippen LogP contribution < -0.4 is 5.32 Å². The molecular formula is C14H23ClN2OS.